The van der Waals surface area contributed by atoms with Crippen molar-refractivity contribution in [3.63, 3.8) is 0 Å². The quantitative estimate of drug-likeness (QED) is 0.105. The van der Waals surface area contributed by atoms with Crippen molar-refractivity contribution >= 4 is 81.1 Å². The van der Waals surface area contributed by atoms with E-state index < -0.39 is 17.8 Å². The normalized spacial score (nSPS) is 13.4. The van der Waals surface area contributed by atoms with Gasteiger partial charge in [0.05, 0.1) is 31.6 Å². The smallest absolute Gasteiger partial charge is 0.343 e. The minimum atomic E-state index is -0.754. The number of benzene rings is 4. The molecule has 0 N–H and O–H groups in total. The summed E-state index contributed by atoms with van der Waals surface area (Å²) in [6, 6.07) is 25.0. The van der Waals surface area contributed by atoms with Gasteiger partial charge in [-0.3, -0.25) is 9.59 Å². The average Bonchev–Trinajstić information content (AvgIpc) is 2.98. The molecule has 4 amide bonds. The second kappa shape index (κ2) is 13.0. The molecule has 0 unspecified atom stereocenters. The Morgan fingerprint density at radius 2 is 1.36 bits per heavy atom. The van der Waals surface area contributed by atoms with E-state index in [0.29, 0.717) is 48.7 Å². The van der Waals surface area contributed by atoms with Crippen LogP contribution < -0.4 is 19.3 Å². The molecule has 0 aromatic heterocycles. The summed E-state index contributed by atoms with van der Waals surface area (Å²) in [5, 5.41) is 0.876. The maximum Gasteiger partial charge on any atom is 0.343 e. The number of nitrogens with zero attached hydrogens (tertiary/aromatic N) is 2. The van der Waals surface area contributed by atoms with Crippen LogP contribution in [0.4, 0.5) is 16.2 Å². The molecule has 4 aromatic rings. The van der Waals surface area contributed by atoms with Crippen LogP contribution >= 0.6 is 45.8 Å². The third kappa shape index (κ3) is 6.16. The Kier molecular flexibility index (Phi) is 9.15. The summed E-state index contributed by atoms with van der Waals surface area (Å²) in [6.07, 6.45) is 1.47. The van der Waals surface area contributed by atoms with E-state index >= 15 is 0 Å². The number of ether oxygens (including phenoxy) is 2. The molecule has 1 saturated heterocycles. The number of hydrogen-bond acceptors (Lipinski definition) is 5. The predicted molar refractivity (Wildman–Crippen MR) is 172 cm³/mol. The highest BCUT2D eigenvalue weighted by Crippen LogP contribution is 2.37. The topological polar surface area (TPSA) is 76.2 Å². The molecule has 42 heavy (non-hydrogen) atoms. The Bertz CT molecular complexity index is 1630. The van der Waals surface area contributed by atoms with E-state index in [1.54, 1.807) is 84.9 Å². The van der Waals surface area contributed by atoms with Crippen molar-refractivity contribution in [3.05, 3.63) is 121 Å². The predicted octanol–water partition coefficient (Wildman–Crippen LogP) is 8.16. The van der Waals surface area contributed by atoms with Crippen LogP contribution in [0.25, 0.3) is 6.08 Å². The van der Waals surface area contributed by atoms with E-state index in [9.17, 15) is 14.4 Å². The number of carbonyl (C=O) groups excluding carboxylic acids is 3. The molecule has 1 fully saturated rings. The number of para-hydroxylation sites is 2. The van der Waals surface area contributed by atoms with Gasteiger partial charge in [-0.15, -0.1) is 0 Å². The Balaban J connectivity index is 1.54. The molecule has 5 rings (SSSR count). The number of hydrogen-bond donors (Lipinski definition) is 0. The summed E-state index contributed by atoms with van der Waals surface area (Å²) in [5.74, 6) is -0.519. The number of carbonyl (C=O) groups is 3. The third-order valence-corrected chi connectivity index (χ3v) is 7.83. The fourth-order valence-electron chi connectivity index (χ4n) is 4.36. The van der Waals surface area contributed by atoms with Gasteiger partial charge in [0.2, 0.25) is 0 Å². The molecular weight excluding hydrogens is 690 g/mol. The molecule has 10 heteroatoms. The van der Waals surface area contributed by atoms with Crippen LogP contribution in [0.15, 0.2) is 96.6 Å². The molecule has 0 spiro atoms. The molecule has 7 nitrogen and oxygen atoms in total. The zero-order valence-electron chi connectivity index (χ0n) is 22.2. The van der Waals surface area contributed by atoms with Crippen LogP contribution in [-0.4, -0.2) is 24.5 Å². The Morgan fingerprint density at radius 1 is 0.762 bits per heavy atom. The molecular formula is C32H23Cl2IN2O5. The first-order valence-corrected chi connectivity index (χ1v) is 14.7. The summed E-state index contributed by atoms with van der Waals surface area (Å²) in [4.78, 5) is 43.0. The zero-order valence-corrected chi connectivity index (χ0v) is 25.9. The van der Waals surface area contributed by atoms with Gasteiger partial charge in [-0.05, 0) is 95.2 Å². The SMILES string of the molecule is CCOc1cc(C=C2C(=O)N(c3ccccc3)C(=O)N(c3ccccc3)C2=O)cc(I)c1OCc1ccc(Cl)c(Cl)c1. The number of amides is 4. The molecule has 0 atom stereocenters. The number of barbiturate groups is 1. The summed E-state index contributed by atoms with van der Waals surface area (Å²) in [7, 11) is 0. The molecule has 1 aliphatic rings. The molecule has 1 aliphatic heterocycles. The van der Waals surface area contributed by atoms with Crippen molar-refractivity contribution in [1.82, 2.24) is 0 Å². The van der Waals surface area contributed by atoms with E-state index in [4.69, 9.17) is 32.7 Å². The lowest BCUT2D eigenvalue weighted by Gasteiger charge is -2.34. The molecule has 4 aromatic carbocycles. The fraction of sp³-hybridized carbons (Fsp3) is 0.0938. The van der Waals surface area contributed by atoms with Crippen LogP contribution in [0.5, 0.6) is 11.5 Å². The maximum absolute atomic E-state index is 13.7. The van der Waals surface area contributed by atoms with Crippen LogP contribution in [0.3, 0.4) is 0 Å². The highest BCUT2D eigenvalue weighted by molar-refractivity contribution is 14.1. The Morgan fingerprint density at radius 3 is 1.90 bits per heavy atom. The lowest BCUT2D eigenvalue weighted by atomic mass is 10.0. The second-order valence-electron chi connectivity index (χ2n) is 9.09. The van der Waals surface area contributed by atoms with Crippen molar-refractivity contribution in [2.24, 2.45) is 0 Å². The standard InChI is InChI=1S/C32H23Cl2IN2O5/c1-2-41-28-18-21(17-27(35)29(28)42-19-20-13-14-25(33)26(34)16-20)15-24-30(38)36(22-9-5-3-6-10-22)32(40)37(31(24)39)23-11-7-4-8-12-23/h3-18H,2,19H2,1H3. The molecule has 0 bridgehead atoms. The van der Waals surface area contributed by atoms with Crippen molar-refractivity contribution < 1.29 is 23.9 Å². The minimum absolute atomic E-state index is 0.176. The second-order valence-corrected chi connectivity index (χ2v) is 11.1. The number of rotatable bonds is 8. The molecule has 1 heterocycles. The van der Waals surface area contributed by atoms with Crippen LogP contribution in [-0.2, 0) is 16.2 Å². The first kappa shape index (κ1) is 29.6. The zero-order chi connectivity index (χ0) is 29.8. The monoisotopic (exact) mass is 712 g/mol. The van der Waals surface area contributed by atoms with E-state index in [-0.39, 0.29) is 12.2 Å². The number of halogens is 3. The van der Waals surface area contributed by atoms with Gasteiger partial charge >= 0.3 is 6.03 Å². The molecule has 212 valence electrons. The first-order chi connectivity index (χ1) is 20.3. The van der Waals surface area contributed by atoms with Crippen molar-refractivity contribution in [2.45, 2.75) is 13.5 Å². The van der Waals surface area contributed by atoms with Gasteiger partial charge in [-0.1, -0.05) is 65.7 Å². The lowest BCUT2D eigenvalue weighted by molar-refractivity contribution is -0.121. The van der Waals surface area contributed by atoms with E-state index in [2.05, 4.69) is 22.6 Å². The van der Waals surface area contributed by atoms with Crippen LogP contribution in [0.2, 0.25) is 10.0 Å². The summed E-state index contributed by atoms with van der Waals surface area (Å²) >= 11 is 14.3. The molecule has 0 aliphatic carbocycles. The lowest BCUT2D eigenvalue weighted by Crippen LogP contribution is -2.57. The van der Waals surface area contributed by atoms with Gasteiger partial charge in [0, 0.05) is 0 Å². The van der Waals surface area contributed by atoms with Gasteiger partial charge < -0.3 is 9.47 Å². The minimum Gasteiger partial charge on any atom is -0.490 e. The first-order valence-electron chi connectivity index (χ1n) is 12.9. The Hall–Kier alpha value is -3.86. The van der Waals surface area contributed by atoms with Crippen molar-refractivity contribution in [3.8, 4) is 11.5 Å². The highest BCUT2D eigenvalue weighted by atomic mass is 127. The summed E-state index contributed by atoms with van der Waals surface area (Å²) < 4.78 is 12.7. The number of anilines is 2. The van der Waals surface area contributed by atoms with Gasteiger partial charge in [-0.25, -0.2) is 14.6 Å². The van der Waals surface area contributed by atoms with E-state index in [1.165, 1.54) is 6.08 Å². The van der Waals surface area contributed by atoms with Gasteiger partial charge in [0.25, 0.3) is 11.8 Å². The van der Waals surface area contributed by atoms with E-state index in [1.807, 2.05) is 13.0 Å². The van der Waals surface area contributed by atoms with Gasteiger partial charge in [-0.2, -0.15) is 0 Å². The summed E-state index contributed by atoms with van der Waals surface area (Å²) in [6.45, 7) is 2.41. The highest BCUT2D eigenvalue weighted by Gasteiger charge is 2.43. The van der Waals surface area contributed by atoms with Gasteiger partial charge in [0.15, 0.2) is 11.5 Å². The average molecular weight is 713 g/mol. The van der Waals surface area contributed by atoms with Crippen molar-refractivity contribution in [2.75, 3.05) is 16.4 Å². The van der Waals surface area contributed by atoms with Crippen LogP contribution in [0.1, 0.15) is 18.1 Å². The Labute approximate surface area is 266 Å². The van der Waals surface area contributed by atoms with Crippen molar-refractivity contribution in [1.29, 1.82) is 0 Å². The number of urea groups is 1. The maximum atomic E-state index is 13.7. The van der Waals surface area contributed by atoms with Crippen LogP contribution in [0, 0.1) is 3.57 Å². The number of imide groups is 2. The molecule has 0 saturated carbocycles. The summed E-state index contributed by atoms with van der Waals surface area (Å²) in [5.41, 5.74) is 1.87. The largest absolute Gasteiger partial charge is 0.490 e. The fourth-order valence-corrected chi connectivity index (χ4v) is 5.47. The van der Waals surface area contributed by atoms with Gasteiger partial charge in [0.1, 0.15) is 12.2 Å². The third-order valence-electron chi connectivity index (χ3n) is 6.29. The van der Waals surface area contributed by atoms with E-state index in [0.717, 1.165) is 15.4 Å². The molecule has 0 radical (unpaired) electrons.